The van der Waals surface area contributed by atoms with E-state index >= 15 is 0 Å². The standard InChI is InChI=1S/C28H32FN5O/c1-3-4-21(33-28(35)23-11-12-31-16-25(23)30)13-18-5-6-19-14-26-24(17(2)27(18)19)15-32-34(26)22-9-7-20(29)8-10-22/h7-12,15-18,21H,3-6,13-14,30H2,1-2H3,(H,33,35)/t17-,18+,21?/m0/s1. The van der Waals surface area contributed by atoms with Gasteiger partial charge in [0, 0.05) is 30.1 Å². The van der Waals surface area contributed by atoms with Gasteiger partial charge in [0.05, 0.1) is 35.0 Å². The molecule has 2 aliphatic rings. The Morgan fingerprint density at radius 2 is 2.06 bits per heavy atom. The molecule has 3 N–H and O–H groups in total. The summed E-state index contributed by atoms with van der Waals surface area (Å²) in [4.78, 5) is 16.9. The average molecular weight is 474 g/mol. The summed E-state index contributed by atoms with van der Waals surface area (Å²) in [5.74, 6) is 0.348. The molecule has 7 heteroatoms. The SMILES string of the molecule is CCCC(C[C@H]1CCC2=C1[C@@H](C)c1cnn(-c3ccc(F)cc3)c1C2)NC(=O)c1ccncc1N. The largest absolute Gasteiger partial charge is 0.397 e. The van der Waals surface area contributed by atoms with E-state index in [-0.39, 0.29) is 23.7 Å². The fourth-order valence-electron chi connectivity index (χ4n) is 5.95. The zero-order valence-corrected chi connectivity index (χ0v) is 20.3. The maximum atomic E-state index is 13.4. The summed E-state index contributed by atoms with van der Waals surface area (Å²) in [6, 6.07) is 8.28. The third-order valence-electron chi connectivity index (χ3n) is 7.57. The Bertz CT molecular complexity index is 1260. The monoisotopic (exact) mass is 473 g/mol. The van der Waals surface area contributed by atoms with Gasteiger partial charge in [-0.3, -0.25) is 9.78 Å². The molecular formula is C28H32FN5O. The van der Waals surface area contributed by atoms with Crippen molar-refractivity contribution in [2.75, 3.05) is 5.73 Å². The number of nitrogens with zero attached hydrogens (tertiary/aromatic N) is 3. The van der Waals surface area contributed by atoms with E-state index in [9.17, 15) is 9.18 Å². The van der Waals surface area contributed by atoms with Crippen LogP contribution in [0, 0.1) is 11.7 Å². The van der Waals surface area contributed by atoms with Crippen LogP contribution in [0.25, 0.3) is 5.69 Å². The predicted octanol–water partition coefficient (Wildman–Crippen LogP) is 5.34. The van der Waals surface area contributed by atoms with Crippen molar-refractivity contribution in [3.05, 3.63) is 82.7 Å². The Labute approximate surface area is 205 Å². The van der Waals surface area contributed by atoms with Gasteiger partial charge < -0.3 is 11.1 Å². The highest BCUT2D eigenvalue weighted by Crippen LogP contribution is 2.48. The average Bonchev–Trinajstić information content (AvgIpc) is 3.45. The van der Waals surface area contributed by atoms with Crippen LogP contribution in [-0.2, 0) is 6.42 Å². The van der Waals surface area contributed by atoms with E-state index < -0.39 is 0 Å². The molecule has 0 spiro atoms. The number of carbonyl (C=O) groups is 1. The Morgan fingerprint density at radius 1 is 1.26 bits per heavy atom. The second kappa shape index (κ2) is 9.64. The number of amides is 1. The summed E-state index contributed by atoms with van der Waals surface area (Å²) in [6.45, 7) is 4.42. The molecule has 2 aliphatic carbocycles. The van der Waals surface area contributed by atoms with Gasteiger partial charge in [0.25, 0.3) is 5.91 Å². The van der Waals surface area contributed by atoms with E-state index in [4.69, 9.17) is 5.73 Å². The number of nitrogens with two attached hydrogens (primary N) is 1. The first-order valence-corrected chi connectivity index (χ1v) is 12.5. The van der Waals surface area contributed by atoms with Crippen molar-refractivity contribution in [2.45, 2.75) is 64.3 Å². The van der Waals surface area contributed by atoms with Crippen molar-refractivity contribution in [1.82, 2.24) is 20.1 Å². The van der Waals surface area contributed by atoms with Crippen LogP contribution < -0.4 is 11.1 Å². The fraction of sp³-hybridized carbons (Fsp3) is 0.393. The second-order valence-corrected chi connectivity index (χ2v) is 9.79. The highest BCUT2D eigenvalue weighted by atomic mass is 19.1. The number of rotatable bonds is 7. The van der Waals surface area contributed by atoms with Gasteiger partial charge in [-0.25, -0.2) is 9.07 Å². The van der Waals surface area contributed by atoms with Gasteiger partial charge >= 0.3 is 0 Å². The molecular weight excluding hydrogens is 441 g/mol. The molecule has 0 saturated carbocycles. The molecule has 2 aromatic heterocycles. The van der Waals surface area contributed by atoms with E-state index in [0.29, 0.717) is 17.2 Å². The second-order valence-electron chi connectivity index (χ2n) is 9.79. The van der Waals surface area contributed by atoms with Gasteiger partial charge in [0.2, 0.25) is 0 Å². The number of anilines is 1. The minimum Gasteiger partial charge on any atom is -0.397 e. The van der Waals surface area contributed by atoms with Crippen LogP contribution in [-0.4, -0.2) is 26.7 Å². The van der Waals surface area contributed by atoms with E-state index in [1.165, 1.54) is 40.7 Å². The van der Waals surface area contributed by atoms with Crippen molar-refractivity contribution >= 4 is 11.6 Å². The number of nitrogen functional groups attached to an aromatic ring is 1. The maximum Gasteiger partial charge on any atom is 0.253 e. The van der Waals surface area contributed by atoms with E-state index in [0.717, 1.165) is 44.2 Å². The van der Waals surface area contributed by atoms with Crippen LogP contribution >= 0.6 is 0 Å². The molecule has 6 nitrogen and oxygen atoms in total. The quantitative estimate of drug-likeness (QED) is 0.453. The number of hydrogen-bond donors (Lipinski definition) is 2. The Morgan fingerprint density at radius 3 is 2.80 bits per heavy atom. The summed E-state index contributed by atoms with van der Waals surface area (Å²) < 4.78 is 15.4. The molecule has 5 rings (SSSR count). The van der Waals surface area contributed by atoms with E-state index in [2.05, 4.69) is 29.2 Å². The van der Waals surface area contributed by atoms with Gasteiger partial charge in [-0.2, -0.15) is 5.10 Å². The summed E-state index contributed by atoms with van der Waals surface area (Å²) in [7, 11) is 0. The number of aromatic nitrogens is 3. The molecule has 3 aromatic rings. The smallest absolute Gasteiger partial charge is 0.253 e. The van der Waals surface area contributed by atoms with Crippen molar-refractivity contribution in [1.29, 1.82) is 0 Å². The summed E-state index contributed by atoms with van der Waals surface area (Å²) >= 11 is 0. The molecule has 1 amide bonds. The van der Waals surface area contributed by atoms with Gasteiger partial charge in [-0.1, -0.05) is 31.4 Å². The molecule has 0 bridgehead atoms. The highest BCUT2D eigenvalue weighted by Gasteiger charge is 2.37. The summed E-state index contributed by atoms with van der Waals surface area (Å²) in [6.07, 6.45) is 11.0. The topological polar surface area (TPSA) is 85.8 Å². The fourth-order valence-corrected chi connectivity index (χ4v) is 5.95. The third kappa shape index (κ3) is 4.47. The van der Waals surface area contributed by atoms with Crippen LogP contribution in [0.1, 0.15) is 73.5 Å². The minimum absolute atomic E-state index is 0.0902. The first-order valence-electron chi connectivity index (χ1n) is 12.5. The number of nitrogens with one attached hydrogen (secondary N) is 1. The lowest BCUT2D eigenvalue weighted by molar-refractivity contribution is 0.0930. The molecule has 0 saturated heterocycles. The molecule has 0 aliphatic heterocycles. The molecule has 1 aromatic carbocycles. The van der Waals surface area contributed by atoms with Crippen molar-refractivity contribution < 1.29 is 9.18 Å². The number of pyridine rings is 1. The maximum absolute atomic E-state index is 13.4. The minimum atomic E-state index is -0.243. The molecule has 182 valence electrons. The Balaban J connectivity index is 1.35. The van der Waals surface area contributed by atoms with Crippen molar-refractivity contribution in [3.8, 4) is 5.69 Å². The van der Waals surface area contributed by atoms with Gasteiger partial charge in [-0.05, 0) is 61.9 Å². The zero-order valence-electron chi connectivity index (χ0n) is 20.3. The number of fused-ring (bicyclic) bond motifs is 1. The number of allylic oxidation sites excluding steroid dienone is 2. The van der Waals surface area contributed by atoms with Crippen molar-refractivity contribution in [3.63, 3.8) is 0 Å². The predicted molar refractivity (Wildman–Crippen MR) is 135 cm³/mol. The van der Waals surface area contributed by atoms with Crippen LogP contribution in [0.4, 0.5) is 10.1 Å². The molecule has 35 heavy (non-hydrogen) atoms. The number of carbonyl (C=O) groups excluding carboxylic acids is 1. The van der Waals surface area contributed by atoms with E-state index in [1.807, 2.05) is 10.9 Å². The molecule has 3 atom stereocenters. The number of benzene rings is 1. The Hall–Kier alpha value is -3.48. The van der Waals surface area contributed by atoms with Gasteiger partial charge in [0.15, 0.2) is 0 Å². The number of halogens is 1. The third-order valence-corrected chi connectivity index (χ3v) is 7.57. The van der Waals surface area contributed by atoms with Crippen LogP contribution in [0.15, 0.2) is 60.1 Å². The zero-order chi connectivity index (χ0) is 24.5. The lowest BCUT2D eigenvalue weighted by Gasteiger charge is -2.29. The van der Waals surface area contributed by atoms with Gasteiger partial charge in [-0.15, -0.1) is 0 Å². The van der Waals surface area contributed by atoms with Crippen molar-refractivity contribution in [2.24, 2.45) is 5.92 Å². The number of hydrogen-bond acceptors (Lipinski definition) is 4. The summed E-state index contributed by atoms with van der Waals surface area (Å²) in [5, 5.41) is 7.91. The first-order chi connectivity index (χ1) is 17.0. The molecule has 2 heterocycles. The molecule has 0 radical (unpaired) electrons. The Kier molecular flexibility index (Phi) is 6.41. The van der Waals surface area contributed by atoms with E-state index in [1.54, 1.807) is 24.4 Å². The summed E-state index contributed by atoms with van der Waals surface area (Å²) in [5.41, 5.74) is 13.2. The highest BCUT2D eigenvalue weighted by molar-refractivity contribution is 5.99. The van der Waals surface area contributed by atoms with Crippen LogP contribution in [0.5, 0.6) is 0 Å². The van der Waals surface area contributed by atoms with Crippen LogP contribution in [0.3, 0.4) is 0 Å². The first kappa shape index (κ1) is 23.3. The lowest BCUT2D eigenvalue weighted by atomic mass is 9.78. The van der Waals surface area contributed by atoms with Gasteiger partial charge in [0.1, 0.15) is 5.82 Å². The molecule has 1 unspecified atom stereocenters. The van der Waals surface area contributed by atoms with Crippen LogP contribution in [0.2, 0.25) is 0 Å². The normalized spacial score (nSPS) is 19.9. The molecule has 0 fully saturated rings. The lowest BCUT2D eigenvalue weighted by Crippen LogP contribution is -2.37.